The Hall–Kier alpha value is -1.94. The standard InChI is InChI=1S/C15H15NO2S/c1-10-5-6-12(11(2)8-10)13(17)9-16-15(18)14-4-3-7-19-14/h3-8H,9H2,1-2H3,(H,16,18). The minimum absolute atomic E-state index is 0.0284. The summed E-state index contributed by atoms with van der Waals surface area (Å²) < 4.78 is 0. The average molecular weight is 273 g/mol. The SMILES string of the molecule is Cc1ccc(C(=O)CNC(=O)c2cccs2)c(C)c1. The van der Waals surface area contributed by atoms with Crippen molar-refractivity contribution in [1.29, 1.82) is 0 Å². The van der Waals surface area contributed by atoms with Crippen molar-refractivity contribution in [3.8, 4) is 0 Å². The third kappa shape index (κ3) is 3.29. The fraction of sp³-hybridized carbons (Fsp3) is 0.200. The molecule has 0 radical (unpaired) electrons. The van der Waals surface area contributed by atoms with E-state index in [-0.39, 0.29) is 18.2 Å². The molecule has 0 atom stereocenters. The summed E-state index contributed by atoms with van der Waals surface area (Å²) >= 11 is 1.36. The lowest BCUT2D eigenvalue weighted by Gasteiger charge is -2.07. The Morgan fingerprint density at radius 2 is 2.00 bits per heavy atom. The van der Waals surface area contributed by atoms with Crippen LogP contribution in [-0.2, 0) is 0 Å². The molecule has 0 unspecified atom stereocenters. The summed E-state index contributed by atoms with van der Waals surface area (Å²) in [7, 11) is 0. The van der Waals surface area contributed by atoms with E-state index < -0.39 is 0 Å². The van der Waals surface area contributed by atoms with Crippen LogP contribution in [0.1, 0.15) is 31.2 Å². The van der Waals surface area contributed by atoms with Crippen LogP contribution >= 0.6 is 11.3 Å². The number of rotatable bonds is 4. The number of thiophene rings is 1. The number of benzene rings is 1. The molecule has 19 heavy (non-hydrogen) atoms. The Balaban J connectivity index is 2.00. The Morgan fingerprint density at radius 3 is 2.63 bits per heavy atom. The molecule has 1 N–H and O–H groups in total. The topological polar surface area (TPSA) is 46.2 Å². The molecule has 1 heterocycles. The first-order chi connectivity index (χ1) is 9.08. The van der Waals surface area contributed by atoms with Gasteiger partial charge in [-0.3, -0.25) is 9.59 Å². The van der Waals surface area contributed by atoms with Gasteiger partial charge in [-0.15, -0.1) is 11.3 Å². The molecule has 2 rings (SSSR count). The first-order valence-electron chi connectivity index (χ1n) is 6.00. The Kier molecular flexibility index (Phi) is 4.12. The van der Waals surface area contributed by atoms with Gasteiger partial charge in [0.1, 0.15) is 0 Å². The van der Waals surface area contributed by atoms with E-state index in [1.165, 1.54) is 11.3 Å². The van der Waals surface area contributed by atoms with E-state index in [4.69, 9.17) is 0 Å². The maximum absolute atomic E-state index is 12.0. The lowest BCUT2D eigenvalue weighted by molar-refractivity contribution is 0.0906. The summed E-state index contributed by atoms with van der Waals surface area (Å²) in [4.78, 5) is 24.4. The third-order valence-corrected chi connectivity index (χ3v) is 3.71. The van der Waals surface area contributed by atoms with Crippen molar-refractivity contribution in [3.05, 3.63) is 57.3 Å². The number of carbonyl (C=O) groups is 2. The van der Waals surface area contributed by atoms with Crippen LogP contribution < -0.4 is 5.32 Å². The highest BCUT2D eigenvalue weighted by Crippen LogP contribution is 2.11. The highest BCUT2D eigenvalue weighted by molar-refractivity contribution is 7.12. The number of Topliss-reactive ketones (excluding diaryl/α,β-unsaturated/α-hetero) is 1. The van der Waals surface area contributed by atoms with Crippen molar-refractivity contribution in [1.82, 2.24) is 5.32 Å². The molecule has 0 bridgehead atoms. The average Bonchev–Trinajstić information content (AvgIpc) is 2.89. The number of carbonyl (C=O) groups excluding carboxylic acids is 2. The van der Waals surface area contributed by atoms with Gasteiger partial charge in [0.25, 0.3) is 5.91 Å². The minimum Gasteiger partial charge on any atom is -0.344 e. The molecule has 1 aromatic heterocycles. The van der Waals surface area contributed by atoms with Crippen LogP contribution in [0, 0.1) is 13.8 Å². The molecule has 0 saturated carbocycles. The number of amides is 1. The lowest BCUT2D eigenvalue weighted by atomic mass is 10.0. The summed E-state index contributed by atoms with van der Waals surface area (Å²) in [6.07, 6.45) is 0. The van der Waals surface area contributed by atoms with Crippen molar-refractivity contribution in [3.63, 3.8) is 0 Å². The maximum Gasteiger partial charge on any atom is 0.261 e. The fourth-order valence-electron chi connectivity index (χ4n) is 1.88. The summed E-state index contributed by atoms with van der Waals surface area (Å²) in [5, 5.41) is 4.48. The molecule has 0 aliphatic carbocycles. The molecule has 0 fully saturated rings. The molecule has 1 amide bonds. The minimum atomic E-state index is -0.201. The zero-order chi connectivity index (χ0) is 13.8. The molecular weight excluding hydrogens is 258 g/mol. The number of aryl methyl sites for hydroxylation is 2. The Labute approximate surface area is 116 Å². The van der Waals surface area contributed by atoms with Gasteiger partial charge < -0.3 is 5.32 Å². The van der Waals surface area contributed by atoms with Crippen LogP contribution in [-0.4, -0.2) is 18.2 Å². The summed E-state index contributed by atoms with van der Waals surface area (Å²) in [6.45, 7) is 3.92. The van der Waals surface area contributed by atoms with E-state index >= 15 is 0 Å². The number of hydrogen-bond acceptors (Lipinski definition) is 3. The van der Waals surface area contributed by atoms with E-state index in [1.807, 2.05) is 43.5 Å². The monoisotopic (exact) mass is 273 g/mol. The van der Waals surface area contributed by atoms with Crippen LogP contribution in [0.4, 0.5) is 0 Å². The van der Waals surface area contributed by atoms with Gasteiger partial charge in [0.05, 0.1) is 11.4 Å². The van der Waals surface area contributed by atoms with Crippen LogP contribution in [0.15, 0.2) is 35.7 Å². The van der Waals surface area contributed by atoms with Crippen molar-refractivity contribution < 1.29 is 9.59 Å². The number of ketones is 1. The van der Waals surface area contributed by atoms with Crippen molar-refractivity contribution in [2.24, 2.45) is 0 Å². The molecule has 0 saturated heterocycles. The lowest BCUT2D eigenvalue weighted by Crippen LogP contribution is -2.29. The predicted octanol–water partition coefficient (Wildman–Crippen LogP) is 2.98. The van der Waals surface area contributed by atoms with Gasteiger partial charge in [-0.1, -0.05) is 29.8 Å². The number of hydrogen-bond donors (Lipinski definition) is 1. The zero-order valence-corrected chi connectivity index (χ0v) is 11.7. The molecular formula is C15H15NO2S. The second kappa shape index (κ2) is 5.80. The highest BCUT2D eigenvalue weighted by atomic mass is 32.1. The molecule has 2 aromatic rings. The highest BCUT2D eigenvalue weighted by Gasteiger charge is 2.12. The van der Waals surface area contributed by atoms with Crippen molar-refractivity contribution in [2.45, 2.75) is 13.8 Å². The molecule has 0 spiro atoms. The molecule has 0 aliphatic rings. The zero-order valence-electron chi connectivity index (χ0n) is 10.9. The van der Waals surface area contributed by atoms with Gasteiger partial charge in [0.15, 0.2) is 5.78 Å². The number of nitrogens with one attached hydrogen (secondary N) is 1. The molecule has 3 nitrogen and oxygen atoms in total. The quantitative estimate of drug-likeness (QED) is 0.870. The Bertz CT molecular complexity index is 603. The maximum atomic E-state index is 12.0. The van der Waals surface area contributed by atoms with Gasteiger partial charge in [0.2, 0.25) is 0 Å². The van der Waals surface area contributed by atoms with E-state index in [0.29, 0.717) is 10.4 Å². The fourth-order valence-corrected chi connectivity index (χ4v) is 2.52. The molecule has 1 aromatic carbocycles. The third-order valence-electron chi connectivity index (χ3n) is 2.84. The van der Waals surface area contributed by atoms with Gasteiger partial charge >= 0.3 is 0 Å². The van der Waals surface area contributed by atoms with E-state index in [0.717, 1.165) is 11.1 Å². The van der Waals surface area contributed by atoms with Gasteiger partial charge in [0, 0.05) is 5.56 Å². The van der Waals surface area contributed by atoms with E-state index in [9.17, 15) is 9.59 Å². The molecule has 0 aliphatic heterocycles. The molecule has 4 heteroatoms. The van der Waals surface area contributed by atoms with Crippen LogP contribution in [0.2, 0.25) is 0 Å². The van der Waals surface area contributed by atoms with Crippen LogP contribution in [0.25, 0.3) is 0 Å². The second-order valence-corrected chi connectivity index (χ2v) is 5.35. The Morgan fingerprint density at radius 1 is 1.21 bits per heavy atom. The summed E-state index contributed by atoms with van der Waals surface area (Å²) in [5.41, 5.74) is 2.73. The van der Waals surface area contributed by atoms with Gasteiger partial charge in [-0.25, -0.2) is 0 Å². The van der Waals surface area contributed by atoms with Crippen molar-refractivity contribution >= 4 is 23.0 Å². The van der Waals surface area contributed by atoms with E-state index in [2.05, 4.69) is 5.32 Å². The van der Waals surface area contributed by atoms with Gasteiger partial charge in [-0.2, -0.15) is 0 Å². The van der Waals surface area contributed by atoms with Crippen LogP contribution in [0.3, 0.4) is 0 Å². The normalized spacial score (nSPS) is 10.2. The summed E-state index contributed by atoms with van der Waals surface area (Å²) in [6, 6.07) is 9.23. The first kappa shape index (κ1) is 13.5. The summed E-state index contributed by atoms with van der Waals surface area (Å²) in [5.74, 6) is -0.268. The predicted molar refractivity (Wildman–Crippen MR) is 76.9 cm³/mol. The first-order valence-corrected chi connectivity index (χ1v) is 6.88. The van der Waals surface area contributed by atoms with Crippen molar-refractivity contribution in [2.75, 3.05) is 6.54 Å². The smallest absolute Gasteiger partial charge is 0.261 e. The van der Waals surface area contributed by atoms with Gasteiger partial charge in [-0.05, 0) is 30.9 Å². The van der Waals surface area contributed by atoms with Crippen LogP contribution in [0.5, 0.6) is 0 Å². The van der Waals surface area contributed by atoms with E-state index in [1.54, 1.807) is 6.07 Å². The molecule has 98 valence electrons. The second-order valence-electron chi connectivity index (χ2n) is 4.40. The largest absolute Gasteiger partial charge is 0.344 e.